The van der Waals surface area contributed by atoms with Gasteiger partial charge in [-0.25, -0.2) is 0 Å². The Morgan fingerprint density at radius 1 is 1.43 bits per heavy atom. The minimum absolute atomic E-state index is 0.504. The van der Waals surface area contributed by atoms with Crippen molar-refractivity contribution in [1.82, 2.24) is 4.57 Å². The first kappa shape index (κ1) is 9.03. The van der Waals surface area contributed by atoms with Crippen LogP contribution in [0.1, 0.15) is 5.56 Å². The molecule has 2 heteroatoms. The number of aryl methyl sites for hydroxylation is 1. The van der Waals surface area contributed by atoms with E-state index in [9.17, 15) is 0 Å². The van der Waals surface area contributed by atoms with Crippen LogP contribution in [0.2, 0.25) is 0 Å². The number of aromatic nitrogens is 1. The standard InChI is InChI=1S/C12H14N2/c1-9(8-13)11-5-3-4-10-6-7-14(2)12(10)11/h3-7H,1,8,13H2,2H3. The van der Waals surface area contributed by atoms with Crippen LogP contribution in [-0.4, -0.2) is 11.1 Å². The number of benzene rings is 1. The maximum atomic E-state index is 5.61. The van der Waals surface area contributed by atoms with Gasteiger partial charge in [0.2, 0.25) is 0 Å². The van der Waals surface area contributed by atoms with Crippen LogP contribution in [0, 0.1) is 0 Å². The summed E-state index contributed by atoms with van der Waals surface area (Å²) < 4.78 is 2.10. The summed E-state index contributed by atoms with van der Waals surface area (Å²) in [6, 6.07) is 8.31. The Bertz CT molecular complexity index is 480. The molecular formula is C12H14N2. The number of rotatable bonds is 2. The number of nitrogens with two attached hydrogens (primary N) is 1. The maximum Gasteiger partial charge on any atom is 0.0554 e. The Hall–Kier alpha value is -1.54. The lowest BCUT2D eigenvalue weighted by Gasteiger charge is -2.07. The van der Waals surface area contributed by atoms with Gasteiger partial charge in [-0.05, 0) is 11.6 Å². The van der Waals surface area contributed by atoms with E-state index in [2.05, 4.69) is 35.5 Å². The molecular weight excluding hydrogens is 172 g/mol. The first-order chi connectivity index (χ1) is 6.74. The molecule has 1 heterocycles. The Kier molecular flexibility index (Phi) is 2.14. The predicted octanol–water partition coefficient (Wildman–Crippen LogP) is 2.15. The predicted molar refractivity (Wildman–Crippen MR) is 61.0 cm³/mol. The van der Waals surface area contributed by atoms with Gasteiger partial charge >= 0.3 is 0 Å². The Balaban J connectivity index is 2.75. The summed E-state index contributed by atoms with van der Waals surface area (Å²) in [6.45, 7) is 4.48. The molecule has 14 heavy (non-hydrogen) atoms. The molecule has 2 nitrogen and oxygen atoms in total. The van der Waals surface area contributed by atoms with E-state index in [0.717, 1.165) is 11.1 Å². The van der Waals surface area contributed by atoms with Gasteiger partial charge in [0.25, 0.3) is 0 Å². The summed E-state index contributed by atoms with van der Waals surface area (Å²) in [4.78, 5) is 0. The van der Waals surface area contributed by atoms with Crippen molar-refractivity contribution in [2.45, 2.75) is 0 Å². The summed E-state index contributed by atoms with van der Waals surface area (Å²) in [7, 11) is 2.04. The average molecular weight is 186 g/mol. The maximum absolute atomic E-state index is 5.61. The second-order valence-corrected chi connectivity index (χ2v) is 3.48. The molecule has 72 valence electrons. The summed E-state index contributed by atoms with van der Waals surface area (Å²) in [5.74, 6) is 0. The highest BCUT2D eigenvalue weighted by Crippen LogP contribution is 2.23. The molecule has 0 aliphatic rings. The molecule has 2 N–H and O–H groups in total. The van der Waals surface area contributed by atoms with Crippen LogP contribution in [-0.2, 0) is 7.05 Å². The van der Waals surface area contributed by atoms with Crippen LogP contribution < -0.4 is 5.73 Å². The van der Waals surface area contributed by atoms with Gasteiger partial charge in [0.1, 0.15) is 0 Å². The highest BCUT2D eigenvalue weighted by Gasteiger charge is 2.05. The second-order valence-electron chi connectivity index (χ2n) is 3.48. The van der Waals surface area contributed by atoms with Crippen molar-refractivity contribution in [3.8, 4) is 0 Å². The third-order valence-corrected chi connectivity index (χ3v) is 2.52. The van der Waals surface area contributed by atoms with Crippen LogP contribution in [0.15, 0.2) is 37.0 Å². The molecule has 0 bridgehead atoms. The smallest absolute Gasteiger partial charge is 0.0554 e. The lowest BCUT2D eigenvalue weighted by molar-refractivity contribution is 0.967. The fourth-order valence-corrected chi connectivity index (χ4v) is 1.75. The van der Waals surface area contributed by atoms with E-state index in [4.69, 9.17) is 5.73 Å². The van der Waals surface area contributed by atoms with Crippen LogP contribution >= 0.6 is 0 Å². The molecule has 1 aromatic carbocycles. The largest absolute Gasteiger partial charge is 0.350 e. The van der Waals surface area contributed by atoms with Gasteiger partial charge in [0.15, 0.2) is 0 Å². The van der Waals surface area contributed by atoms with E-state index in [1.165, 1.54) is 10.9 Å². The minimum Gasteiger partial charge on any atom is -0.350 e. The van der Waals surface area contributed by atoms with Gasteiger partial charge in [-0.15, -0.1) is 0 Å². The molecule has 0 spiro atoms. The lowest BCUT2D eigenvalue weighted by Crippen LogP contribution is -2.02. The normalized spacial score (nSPS) is 10.7. The molecule has 0 unspecified atom stereocenters. The second kappa shape index (κ2) is 3.31. The summed E-state index contributed by atoms with van der Waals surface area (Å²) in [5, 5.41) is 1.24. The first-order valence-electron chi connectivity index (χ1n) is 4.66. The van der Waals surface area contributed by atoms with Crippen molar-refractivity contribution in [3.05, 3.63) is 42.6 Å². The molecule has 0 aliphatic heterocycles. The fourth-order valence-electron chi connectivity index (χ4n) is 1.75. The summed E-state index contributed by atoms with van der Waals surface area (Å²) in [6.07, 6.45) is 2.05. The van der Waals surface area contributed by atoms with Crippen LogP contribution in [0.4, 0.5) is 0 Å². The highest BCUT2D eigenvalue weighted by atomic mass is 14.9. The minimum atomic E-state index is 0.504. The third-order valence-electron chi connectivity index (χ3n) is 2.52. The summed E-state index contributed by atoms with van der Waals surface area (Å²) >= 11 is 0. The van der Waals surface area contributed by atoms with Crippen molar-refractivity contribution in [2.75, 3.05) is 6.54 Å². The topological polar surface area (TPSA) is 30.9 Å². The summed E-state index contributed by atoms with van der Waals surface area (Å²) in [5.41, 5.74) is 8.95. The molecule has 0 saturated heterocycles. The zero-order valence-corrected chi connectivity index (χ0v) is 8.33. The molecule has 0 atom stereocenters. The zero-order chi connectivity index (χ0) is 10.1. The Morgan fingerprint density at radius 2 is 2.21 bits per heavy atom. The quantitative estimate of drug-likeness (QED) is 0.765. The monoisotopic (exact) mass is 186 g/mol. The van der Waals surface area contributed by atoms with E-state index in [0.29, 0.717) is 6.54 Å². The van der Waals surface area contributed by atoms with Gasteiger partial charge in [0.05, 0.1) is 5.52 Å². The highest BCUT2D eigenvalue weighted by molar-refractivity contribution is 5.91. The van der Waals surface area contributed by atoms with Gasteiger partial charge in [-0.3, -0.25) is 0 Å². The Morgan fingerprint density at radius 3 is 2.93 bits per heavy atom. The molecule has 0 saturated carbocycles. The van der Waals surface area contributed by atoms with Crippen LogP contribution in [0.25, 0.3) is 16.5 Å². The number of hydrogen-bond donors (Lipinski definition) is 1. The van der Waals surface area contributed by atoms with Gasteiger partial charge in [0, 0.05) is 30.7 Å². The third kappa shape index (κ3) is 1.24. The van der Waals surface area contributed by atoms with Gasteiger partial charge in [-0.2, -0.15) is 0 Å². The molecule has 0 amide bonds. The number of nitrogens with zero attached hydrogens (tertiary/aromatic N) is 1. The van der Waals surface area contributed by atoms with E-state index < -0.39 is 0 Å². The molecule has 0 fully saturated rings. The number of fused-ring (bicyclic) bond motifs is 1. The zero-order valence-electron chi connectivity index (χ0n) is 8.33. The molecule has 2 aromatic rings. The van der Waals surface area contributed by atoms with Crippen LogP contribution in [0.3, 0.4) is 0 Å². The van der Waals surface area contributed by atoms with E-state index in [1.54, 1.807) is 0 Å². The SMILES string of the molecule is C=C(CN)c1cccc2ccn(C)c12. The van der Waals surface area contributed by atoms with Crippen molar-refractivity contribution in [1.29, 1.82) is 0 Å². The van der Waals surface area contributed by atoms with Gasteiger partial charge < -0.3 is 10.3 Å². The molecule has 2 rings (SSSR count). The van der Waals surface area contributed by atoms with Crippen molar-refractivity contribution in [2.24, 2.45) is 12.8 Å². The number of hydrogen-bond acceptors (Lipinski definition) is 1. The molecule has 0 radical (unpaired) electrons. The van der Waals surface area contributed by atoms with Crippen molar-refractivity contribution >= 4 is 16.5 Å². The lowest BCUT2D eigenvalue weighted by atomic mass is 10.0. The average Bonchev–Trinajstić information content (AvgIpc) is 2.59. The van der Waals surface area contributed by atoms with Crippen molar-refractivity contribution in [3.63, 3.8) is 0 Å². The number of para-hydroxylation sites is 1. The van der Waals surface area contributed by atoms with E-state index >= 15 is 0 Å². The Labute approximate surface area is 83.6 Å². The fraction of sp³-hybridized carbons (Fsp3) is 0.167. The molecule has 0 aliphatic carbocycles. The molecule has 1 aromatic heterocycles. The van der Waals surface area contributed by atoms with E-state index in [1.807, 2.05) is 13.1 Å². The van der Waals surface area contributed by atoms with Crippen LogP contribution in [0.5, 0.6) is 0 Å². The van der Waals surface area contributed by atoms with E-state index in [-0.39, 0.29) is 0 Å². The van der Waals surface area contributed by atoms with Crippen molar-refractivity contribution < 1.29 is 0 Å². The first-order valence-corrected chi connectivity index (χ1v) is 4.66. The van der Waals surface area contributed by atoms with Gasteiger partial charge in [-0.1, -0.05) is 24.8 Å².